The number of carbonyl (C=O) groups excluding carboxylic acids is 1. The van der Waals surface area contributed by atoms with Gasteiger partial charge in [0.05, 0.1) is 11.4 Å². The van der Waals surface area contributed by atoms with Gasteiger partial charge in [0.25, 0.3) is 0 Å². The molecule has 0 saturated carbocycles. The van der Waals surface area contributed by atoms with Gasteiger partial charge in [-0.15, -0.1) is 0 Å². The summed E-state index contributed by atoms with van der Waals surface area (Å²) in [6, 6.07) is 8.03. The van der Waals surface area contributed by atoms with Crippen molar-refractivity contribution in [2.75, 3.05) is 18.8 Å². The smallest absolute Gasteiger partial charge is 0.240 e. The first kappa shape index (κ1) is 19.0. The molecule has 2 saturated heterocycles. The van der Waals surface area contributed by atoms with Gasteiger partial charge in [0, 0.05) is 30.8 Å². The Morgan fingerprint density at radius 1 is 1.14 bits per heavy atom. The molecule has 28 heavy (non-hydrogen) atoms. The van der Waals surface area contributed by atoms with E-state index in [0.717, 1.165) is 0 Å². The van der Waals surface area contributed by atoms with E-state index in [1.54, 1.807) is 29.3 Å². The van der Waals surface area contributed by atoms with Gasteiger partial charge in [-0.1, -0.05) is 12.1 Å². The van der Waals surface area contributed by atoms with Crippen molar-refractivity contribution in [1.29, 1.82) is 0 Å². The molecule has 0 N–H and O–H groups in total. The van der Waals surface area contributed by atoms with Crippen molar-refractivity contribution in [2.24, 2.45) is 0 Å². The molecule has 2 aliphatic rings. The van der Waals surface area contributed by atoms with E-state index in [9.17, 15) is 17.6 Å². The first-order chi connectivity index (χ1) is 13.4. The number of carbonyl (C=O) groups is 1. The van der Waals surface area contributed by atoms with E-state index in [0.29, 0.717) is 55.9 Å². The minimum Gasteiger partial charge on any atom is -0.342 e. The first-order valence-electron chi connectivity index (χ1n) is 9.53. The minimum atomic E-state index is -3.29. The van der Waals surface area contributed by atoms with Crippen LogP contribution in [-0.2, 0) is 14.6 Å². The van der Waals surface area contributed by atoms with Crippen LogP contribution < -0.4 is 0 Å². The summed E-state index contributed by atoms with van der Waals surface area (Å²) >= 11 is 0. The molecule has 0 radical (unpaired) electrons. The topological polar surface area (TPSA) is 80.2 Å². The fourth-order valence-corrected chi connectivity index (χ4v) is 5.85. The molecule has 2 aliphatic heterocycles. The summed E-state index contributed by atoms with van der Waals surface area (Å²) in [7, 11) is -3.29. The Hall–Kier alpha value is -2.35. The van der Waals surface area contributed by atoms with Gasteiger partial charge in [-0.05, 0) is 43.9 Å². The first-order valence-corrected chi connectivity index (χ1v) is 11.2. The fraction of sp³-hybridized carbons (Fsp3) is 0.450. The van der Waals surface area contributed by atoms with Gasteiger partial charge in [0.2, 0.25) is 5.91 Å². The number of sulfone groups is 1. The van der Waals surface area contributed by atoms with Crippen LogP contribution in [0.3, 0.4) is 0 Å². The van der Waals surface area contributed by atoms with Crippen molar-refractivity contribution >= 4 is 15.7 Å². The van der Waals surface area contributed by atoms with Crippen LogP contribution in [0.4, 0.5) is 4.39 Å². The molecule has 1 aromatic carbocycles. The monoisotopic (exact) mass is 403 g/mol. The summed E-state index contributed by atoms with van der Waals surface area (Å²) < 4.78 is 37.6. The molecule has 1 atom stereocenters. The third-order valence-corrected chi connectivity index (χ3v) is 7.73. The number of rotatable bonds is 3. The summed E-state index contributed by atoms with van der Waals surface area (Å²) in [4.78, 5) is 23.3. The molecule has 0 aliphatic carbocycles. The summed E-state index contributed by atoms with van der Waals surface area (Å²) in [5.74, 6) is 0.317. The average Bonchev–Trinajstić information content (AvgIpc) is 3.07. The zero-order valence-corrected chi connectivity index (χ0v) is 16.2. The largest absolute Gasteiger partial charge is 0.342 e. The second kappa shape index (κ2) is 7.58. The maximum Gasteiger partial charge on any atom is 0.240 e. The van der Waals surface area contributed by atoms with Gasteiger partial charge in [0.1, 0.15) is 16.9 Å². The predicted octanol–water partition coefficient (Wildman–Crippen LogP) is 2.57. The van der Waals surface area contributed by atoms with Gasteiger partial charge in [-0.3, -0.25) is 4.79 Å². The lowest BCUT2D eigenvalue weighted by atomic mass is 9.95. The standard InChI is InChI=1S/C20H22FN3O3S/c21-16-4-1-3-15(13-16)17-6-9-22-19(23-17)14-7-10-24(11-8-14)20(25)18-5-2-12-28(18,26)27/h1,3-4,6,9,13-14,18H,2,5,7-8,10-12H2. The summed E-state index contributed by atoms with van der Waals surface area (Å²) in [6.45, 7) is 1.01. The van der Waals surface area contributed by atoms with Crippen LogP contribution in [-0.4, -0.2) is 53.3 Å². The van der Waals surface area contributed by atoms with E-state index < -0.39 is 15.1 Å². The summed E-state index contributed by atoms with van der Waals surface area (Å²) in [5.41, 5.74) is 1.36. The van der Waals surface area contributed by atoms with Crippen molar-refractivity contribution in [2.45, 2.75) is 36.9 Å². The third kappa shape index (κ3) is 3.78. The van der Waals surface area contributed by atoms with Crippen molar-refractivity contribution in [3.63, 3.8) is 0 Å². The number of hydrogen-bond acceptors (Lipinski definition) is 5. The van der Waals surface area contributed by atoms with E-state index in [2.05, 4.69) is 9.97 Å². The predicted molar refractivity (Wildman–Crippen MR) is 103 cm³/mol. The molecule has 0 bridgehead atoms. The summed E-state index contributed by atoms with van der Waals surface area (Å²) in [5, 5.41) is -0.864. The average molecular weight is 403 g/mol. The van der Waals surface area contributed by atoms with Crippen molar-refractivity contribution in [3.8, 4) is 11.3 Å². The molecular formula is C20H22FN3O3S. The van der Waals surface area contributed by atoms with Crippen LogP contribution in [0.5, 0.6) is 0 Å². The number of hydrogen-bond donors (Lipinski definition) is 0. The Labute approximate surface area is 163 Å². The highest BCUT2D eigenvalue weighted by Gasteiger charge is 2.40. The molecule has 1 aromatic heterocycles. The second-order valence-corrected chi connectivity index (χ2v) is 9.71. The maximum absolute atomic E-state index is 13.5. The Kier molecular flexibility index (Phi) is 5.14. The number of likely N-dealkylation sites (tertiary alicyclic amines) is 1. The highest BCUT2D eigenvalue weighted by Crippen LogP contribution is 2.29. The second-order valence-electron chi connectivity index (χ2n) is 7.41. The van der Waals surface area contributed by atoms with E-state index >= 15 is 0 Å². The van der Waals surface area contributed by atoms with E-state index in [-0.39, 0.29) is 23.4 Å². The number of benzene rings is 1. The summed E-state index contributed by atoms with van der Waals surface area (Å²) in [6.07, 6.45) is 4.04. The lowest BCUT2D eigenvalue weighted by molar-refractivity contribution is -0.131. The van der Waals surface area contributed by atoms with E-state index in [4.69, 9.17) is 0 Å². The van der Waals surface area contributed by atoms with Crippen LogP contribution in [0.25, 0.3) is 11.3 Å². The lowest BCUT2D eigenvalue weighted by Gasteiger charge is -2.32. The lowest BCUT2D eigenvalue weighted by Crippen LogP contribution is -2.45. The van der Waals surface area contributed by atoms with Crippen molar-refractivity contribution in [1.82, 2.24) is 14.9 Å². The molecule has 2 aromatic rings. The maximum atomic E-state index is 13.5. The number of nitrogens with zero attached hydrogens (tertiary/aromatic N) is 3. The highest BCUT2D eigenvalue weighted by atomic mass is 32.2. The molecule has 3 heterocycles. The van der Waals surface area contributed by atoms with Crippen molar-refractivity contribution < 1.29 is 17.6 Å². The minimum absolute atomic E-state index is 0.0951. The Balaban J connectivity index is 1.44. The zero-order chi connectivity index (χ0) is 19.7. The highest BCUT2D eigenvalue weighted by molar-refractivity contribution is 7.93. The number of amides is 1. The quantitative estimate of drug-likeness (QED) is 0.787. The SMILES string of the molecule is O=C(C1CCCS1(=O)=O)N1CCC(c2nccc(-c3cccc(F)c3)n2)CC1. The Bertz CT molecular complexity index is 988. The zero-order valence-electron chi connectivity index (χ0n) is 15.4. The van der Waals surface area contributed by atoms with Gasteiger partial charge >= 0.3 is 0 Å². The fourth-order valence-electron chi connectivity index (χ4n) is 4.01. The van der Waals surface area contributed by atoms with Crippen LogP contribution >= 0.6 is 0 Å². The molecule has 4 rings (SSSR count). The normalized spacial score (nSPS) is 22.3. The van der Waals surface area contributed by atoms with Crippen LogP contribution in [0, 0.1) is 5.82 Å². The molecule has 2 fully saturated rings. The Morgan fingerprint density at radius 2 is 1.93 bits per heavy atom. The number of piperidine rings is 1. The van der Waals surface area contributed by atoms with Gasteiger partial charge < -0.3 is 4.90 Å². The molecular weight excluding hydrogens is 381 g/mol. The van der Waals surface area contributed by atoms with Crippen LogP contribution in [0.1, 0.15) is 37.4 Å². The van der Waals surface area contributed by atoms with Gasteiger partial charge in [-0.2, -0.15) is 0 Å². The van der Waals surface area contributed by atoms with Crippen molar-refractivity contribution in [3.05, 3.63) is 48.2 Å². The van der Waals surface area contributed by atoms with Gasteiger partial charge in [0.15, 0.2) is 9.84 Å². The van der Waals surface area contributed by atoms with Crippen LogP contribution in [0.15, 0.2) is 36.5 Å². The molecule has 1 unspecified atom stereocenters. The van der Waals surface area contributed by atoms with Gasteiger partial charge in [-0.25, -0.2) is 22.8 Å². The number of aromatic nitrogens is 2. The molecule has 8 heteroatoms. The van der Waals surface area contributed by atoms with E-state index in [1.807, 2.05) is 0 Å². The number of halogens is 1. The molecule has 0 spiro atoms. The molecule has 148 valence electrons. The Morgan fingerprint density at radius 3 is 2.61 bits per heavy atom. The molecule has 6 nitrogen and oxygen atoms in total. The third-order valence-electron chi connectivity index (χ3n) is 5.57. The van der Waals surface area contributed by atoms with Crippen LogP contribution in [0.2, 0.25) is 0 Å². The molecule has 1 amide bonds. The van der Waals surface area contributed by atoms with E-state index in [1.165, 1.54) is 12.1 Å².